The maximum absolute atomic E-state index is 12.7. The monoisotopic (exact) mass is 437 g/mol. The van der Waals surface area contributed by atoms with Crippen molar-refractivity contribution < 1.29 is 14.3 Å². The summed E-state index contributed by atoms with van der Waals surface area (Å²) >= 11 is 0. The van der Waals surface area contributed by atoms with Crippen molar-refractivity contribution >= 4 is 22.4 Å². The van der Waals surface area contributed by atoms with E-state index in [2.05, 4.69) is 44.9 Å². The predicted molar refractivity (Wildman–Crippen MR) is 123 cm³/mol. The predicted octanol–water partition coefficient (Wildman–Crippen LogP) is 4.46. The number of fused-ring (bicyclic) bond motifs is 2. The lowest BCUT2D eigenvalue weighted by atomic mass is 10.0. The van der Waals surface area contributed by atoms with Crippen LogP contribution in [0.15, 0.2) is 79.1 Å². The van der Waals surface area contributed by atoms with E-state index < -0.39 is 0 Å². The smallest absolute Gasteiger partial charge is 0.273 e. The van der Waals surface area contributed by atoms with E-state index in [0.29, 0.717) is 35.1 Å². The second-order valence-electron chi connectivity index (χ2n) is 7.75. The van der Waals surface area contributed by atoms with E-state index in [1.54, 1.807) is 12.3 Å². The lowest BCUT2D eigenvalue weighted by Gasteiger charge is -2.06. The highest BCUT2D eigenvalue weighted by Crippen LogP contribution is 2.35. The zero-order valence-electron chi connectivity index (χ0n) is 17.5. The Kier molecular flexibility index (Phi) is 4.54. The van der Waals surface area contributed by atoms with E-state index in [-0.39, 0.29) is 12.7 Å². The Bertz CT molecular complexity index is 1480. The van der Waals surface area contributed by atoms with Gasteiger partial charge in [-0.25, -0.2) is 0 Å². The summed E-state index contributed by atoms with van der Waals surface area (Å²) in [5.74, 6) is 1.08. The number of ether oxygens (including phenoxy) is 2. The molecule has 33 heavy (non-hydrogen) atoms. The molecule has 0 aliphatic carbocycles. The van der Waals surface area contributed by atoms with Gasteiger partial charge in [0, 0.05) is 11.8 Å². The molecule has 0 radical (unpaired) electrons. The van der Waals surface area contributed by atoms with Crippen LogP contribution >= 0.6 is 0 Å². The highest BCUT2D eigenvalue weighted by atomic mass is 16.7. The Morgan fingerprint density at radius 3 is 2.88 bits per heavy atom. The quantitative estimate of drug-likeness (QED) is 0.424. The Balaban J connectivity index is 1.16. The molecule has 1 aliphatic rings. The van der Waals surface area contributed by atoms with Gasteiger partial charge >= 0.3 is 0 Å². The lowest BCUT2D eigenvalue weighted by Crippen LogP contribution is -2.11. The second-order valence-corrected chi connectivity index (χ2v) is 7.75. The molecule has 8 heteroatoms. The third-order valence-corrected chi connectivity index (χ3v) is 5.59. The SMILES string of the molecule is O=C(Nc1cnn(Cc2cccc3ccccc23)c1)c1cc(-c2ccc3c(c2)OCO3)n[nH]1. The molecule has 3 aromatic carbocycles. The minimum atomic E-state index is -0.292. The van der Waals surface area contributed by atoms with Gasteiger partial charge < -0.3 is 14.8 Å². The number of amides is 1. The number of carbonyl (C=O) groups is 1. The normalized spacial score (nSPS) is 12.2. The van der Waals surface area contributed by atoms with Crippen molar-refractivity contribution in [2.75, 3.05) is 12.1 Å². The van der Waals surface area contributed by atoms with Crippen molar-refractivity contribution in [3.05, 3.63) is 90.4 Å². The van der Waals surface area contributed by atoms with Crippen molar-refractivity contribution in [1.29, 1.82) is 0 Å². The number of carbonyl (C=O) groups excluding carboxylic acids is 1. The summed E-state index contributed by atoms with van der Waals surface area (Å²) < 4.78 is 12.6. The molecule has 3 heterocycles. The Hall–Kier alpha value is -4.59. The van der Waals surface area contributed by atoms with Crippen LogP contribution in [0.3, 0.4) is 0 Å². The van der Waals surface area contributed by atoms with E-state index in [0.717, 1.165) is 11.1 Å². The highest BCUT2D eigenvalue weighted by molar-refractivity contribution is 6.03. The van der Waals surface area contributed by atoms with Crippen LogP contribution in [-0.4, -0.2) is 32.7 Å². The van der Waals surface area contributed by atoms with Gasteiger partial charge in [-0.05, 0) is 40.6 Å². The van der Waals surface area contributed by atoms with Gasteiger partial charge in [0.15, 0.2) is 11.5 Å². The first-order valence-corrected chi connectivity index (χ1v) is 10.5. The fourth-order valence-corrected chi connectivity index (χ4v) is 3.96. The largest absolute Gasteiger partial charge is 0.454 e. The molecular formula is C25H19N5O3. The number of benzene rings is 3. The van der Waals surface area contributed by atoms with Gasteiger partial charge in [-0.3, -0.25) is 14.6 Å². The average molecular weight is 437 g/mol. The fraction of sp³-hybridized carbons (Fsp3) is 0.0800. The van der Waals surface area contributed by atoms with Gasteiger partial charge in [0.2, 0.25) is 6.79 Å². The highest BCUT2D eigenvalue weighted by Gasteiger charge is 2.17. The molecular weight excluding hydrogens is 418 g/mol. The van der Waals surface area contributed by atoms with Crippen LogP contribution in [0.4, 0.5) is 5.69 Å². The zero-order chi connectivity index (χ0) is 22.2. The zero-order valence-corrected chi connectivity index (χ0v) is 17.5. The van der Waals surface area contributed by atoms with Crippen LogP contribution in [0.5, 0.6) is 11.5 Å². The molecule has 5 aromatic rings. The molecule has 0 bridgehead atoms. The van der Waals surface area contributed by atoms with Crippen LogP contribution in [0, 0.1) is 0 Å². The third kappa shape index (κ3) is 3.67. The van der Waals surface area contributed by atoms with Gasteiger partial charge in [0.25, 0.3) is 5.91 Å². The van der Waals surface area contributed by atoms with Gasteiger partial charge in [0.1, 0.15) is 5.69 Å². The molecule has 0 fully saturated rings. The van der Waals surface area contributed by atoms with Gasteiger partial charge in [0.05, 0.1) is 24.1 Å². The standard InChI is InChI=1S/C25H19N5O3/c31-25(22-11-21(28-29-22)17-8-9-23-24(10-17)33-15-32-23)27-19-12-26-30(14-19)13-18-6-3-5-16-4-1-2-7-20(16)18/h1-12,14H,13,15H2,(H,27,31)(H,28,29). The van der Waals surface area contributed by atoms with Gasteiger partial charge in [-0.2, -0.15) is 10.2 Å². The summed E-state index contributed by atoms with van der Waals surface area (Å²) in [7, 11) is 0. The summed E-state index contributed by atoms with van der Waals surface area (Å²) in [5.41, 5.74) is 3.60. The summed E-state index contributed by atoms with van der Waals surface area (Å²) in [6, 6.07) is 21.7. The first-order chi connectivity index (χ1) is 16.2. The number of aromatic nitrogens is 4. The molecule has 1 aliphatic heterocycles. The number of nitrogens with zero attached hydrogens (tertiary/aromatic N) is 3. The van der Waals surface area contributed by atoms with Crippen molar-refractivity contribution in [2.24, 2.45) is 0 Å². The Morgan fingerprint density at radius 1 is 1.03 bits per heavy atom. The Morgan fingerprint density at radius 2 is 1.91 bits per heavy atom. The topological polar surface area (TPSA) is 94.1 Å². The number of H-pyrrole nitrogens is 1. The number of hydrogen-bond donors (Lipinski definition) is 2. The van der Waals surface area contributed by atoms with Gasteiger partial charge in [-0.1, -0.05) is 42.5 Å². The maximum atomic E-state index is 12.7. The summed E-state index contributed by atoms with van der Waals surface area (Å²) in [5, 5.41) is 16.7. The number of rotatable bonds is 5. The average Bonchev–Trinajstić information content (AvgIpc) is 3.60. The number of hydrogen-bond acceptors (Lipinski definition) is 5. The van der Waals surface area contributed by atoms with E-state index >= 15 is 0 Å². The van der Waals surface area contributed by atoms with Gasteiger partial charge in [-0.15, -0.1) is 0 Å². The Labute approximate surface area is 188 Å². The number of anilines is 1. The summed E-state index contributed by atoms with van der Waals surface area (Å²) in [4.78, 5) is 12.7. The van der Waals surface area contributed by atoms with Crippen LogP contribution in [-0.2, 0) is 6.54 Å². The minimum Gasteiger partial charge on any atom is -0.454 e. The molecule has 0 spiro atoms. The first kappa shape index (κ1) is 19.1. The maximum Gasteiger partial charge on any atom is 0.273 e. The molecule has 2 aromatic heterocycles. The minimum absolute atomic E-state index is 0.210. The molecule has 2 N–H and O–H groups in total. The third-order valence-electron chi connectivity index (χ3n) is 5.59. The van der Waals surface area contributed by atoms with Crippen LogP contribution in [0.2, 0.25) is 0 Å². The van der Waals surface area contributed by atoms with Crippen LogP contribution in [0.1, 0.15) is 16.1 Å². The van der Waals surface area contributed by atoms with Crippen LogP contribution in [0.25, 0.3) is 22.0 Å². The first-order valence-electron chi connectivity index (χ1n) is 10.5. The molecule has 8 nitrogen and oxygen atoms in total. The molecule has 0 unspecified atom stereocenters. The van der Waals surface area contributed by atoms with E-state index in [9.17, 15) is 4.79 Å². The molecule has 6 rings (SSSR count). The fourth-order valence-electron chi connectivity index (χ4n) is 3.96. The van der Waals surface area contributed by atoms with Crippen molar-refractivity contribution in [1.82, 2.24) is 20.0 Å². The van der Waals surface area contributed by atoms with E-state index in [4.69, 9.17) is 9.47 Å². The molecule has 0 atom stereocenters. The second kappa shape index (κ2) is 7.83. The van der Waals surface area contributed by atoms with Crippen molar-refractivity contribution in [2.45, 2.75) is 6.54 Å². The number of aromatic amines is 1. The molecule has 0 saturated heterocycles. The van der Waals surface area contributed by atoms with Crippen molar-refractivity contribution in [3.8, 4) is 22.8 Å². The van der Waals surface area contributed by atoms with E-state index in [1.165, 1.54) is 10.8 Å². The molecule has 1 amide bonds. The van der Waals surface area contributed by atoms with Crippen LogP contribution < -0.4 is 14.8 Å². The van der Waals surface area contributed by atoms with Crippen molar-refractivity contribution in [3.63, 3.8) is 0 Å². The molecule has 0 saturated carbocycles. The molecule has 162 valence electrons. The number of nitrogens with one attached hydrogen (secondary N) is 2. The summed E-state index contributed by atoms with van der Waals surface area (Å²) in [6.07, 6.45) is 3.45. The summed E-state index contributed by atoms with van der Waals surface area (Å²) in [6.45, 7) is 0.816. The lowest BCUT2D eigenvalue weighted by molar-refractivity contribution is 0.102. The van der Waals surface area contributed by atoms with E-state index in [1.807, 2.05) is 47.3 Å².